The quantitative estimate of drug-likeness (QED) is 0.162. The van der Waals surface area contributed by atoms with E-state index in [4.69, 9.17) is 22.0 Å². The molecule has 1 aliphatic carbocycles. The molecule has 9 aromatic carbocycles. The lowest BCUT2D eigenvalue weighted by Gasteiger charge is -2.24. The first-order valence-electron chi connectivity index (χ1n) is 21.5. The van der Waals surface area contributed by atoms with Gasteiger partial charge in [0.05, 0.1) is 0 Å². The first-order valence-corrected chi connectivity index (χ1v) is 21.5. The molecule has 0 radical (unpaired) electrons. The molecule has 0 fully saturated rings. The van der Waals surface area contributed by atoms with Crippen LogP contribution in [0, 0.1) is 0 Å². The lowest BCUT2D eigenvalue weighted by atomic mass is 9.79. The summed E-state index contributed by atoms with van der Waals surface area (Å²) >= 11 is 0. The molecule has 298 valence electrons. The lowest BCUT2D eigenvalue weighted by Crippen LogP contribution is -2.18. The van der Waals surface area contributed by atoms with E-state index in [0.717, 1.165) is 87.9 Å². The molecule has 0 amide bonds. The Bertz CT molecular complexity index is 3950. The van der Waals surface area contributed by atoms with Crippen LogP contribution in [0.25, 0.3) is 116 Å². The topological polar surface area (TPSA) is 26.3 Å². The zero-order chi connectivity index (χ0) is 42.7. The maximum absolute atomic E-state index is 6.30. The van der Waals surface area contributed by atoms with Crippen molar-refractivity contribution >= 4 is 105 Å². The fourth-order valence-electron chi connectivity index (χ4n) is 10.5. The molecule has 0 atom stereocenters. The van der Waals surface area contributed by atoms with Gasteiger partial charge in [0.2, 0.25) is 0 Å². The van der Waals surface area contributed by atoms with E-state index in [1.807, 2.05) is 18.2 Å². The molecule has 0 bridgehead atoms. The maximum Gasteiger partial charge on any atom is 0.136 e. The van der Waals surface area contributed by atoms with E-state index in [9.17, 15) is 0 Å². The molecule has 0 saturated carbocycles. The van der Waals surface area contributed by atoms with Crippen LogP contribution >= 0.6 is 0 Å². The molecule has 12 rings (SSSR count). The van der Waals surface area contributed by atoms with E-state index >= 15 is 0 Å². The van der Waals surface area contributed by atoms with E-state index in [1.54, 1.807) is 0 Å². The van der Waals surface area contributed by atoms with Crippen molar-refractivity contribution in [1.29, 1.82) is 0 Å². The lowest BCUT2D eigenvalue weighted by molar-refractivity contribution is 0.578. The Morgan fingerprint density at radius 2 is 1.08 bits per heavy atom. The van der Waals surface area contributed by atoms with Crippen LogP contribution in [0.1, 0.15) is 36.1 Å². The van der Waals surface area contributed by atoms with Crippen molar-refractivity contribution in [3.63, 3.8) is 0 Å². The van der Waals surface area contributed by atoms with Crippen LogP contribution in [0.5, 0.6) is 0 Å². The average Bonchev–Trinajstić information content (AvgIpc) is 3.87. The molecule has 0 saturated heterocycles. The van der Waals surface area contributed by atoms with Gasteiger partial charge < -0.3 is 8.83 Å². The van der Waals surface area contributed by atoms with E-state index < -0.39 is 0 Å². The number of rotatable bonds is 5. The van der Waals surface area contributed by atoms with Crippen LogP contribution in [0.4, 0.5) is 0 Å². The van der Waals surface area contributed by atoms with Crippen molar-refractivity contribution < 1.29 is 8.83 Å². The second kappa shape index (κ2) is 13.5. The highest BCUT2D eigenvalue weighted by atomic mass is 16.3. The predicted molar refractivity (Wildman–Crippen MR) is 269 cm³/mol. The maximum atomic E-state index is 6.30. The van der Waals surface area contributed by atoms with Gasteiger partial charge in [-0.3, -0.25) is 0 Å². The Hall–Kier alpha value is -7.94. The van der Waals surface area contributed by atoms with E-state index in [0.29, 0.717) is 5.42 Å². The van der Waals surface area contributed by atoms with Crippen molar-refractivity contribution in [1.82, 2.24) is 0 Å². The molecule has 1 aliphatic rings. The van der Waals surface area contributed by atoms with Gasteiger partial charge in [-0.1, -0.05) is 168 Å². The molecule has 2 heterocycles. The Balaban J connectivity index is 0.932. The third kappa shape index (κ3) is 5.51. The highest BCUT2D eigenvalue weighted by Gasteiger charge is 2.37. The molecule has 0 aliphatic heterocycles. The second-order valence-corrected chi connectivity index (χ2v) is 17.6. The summed E-state index contributed by atoms with van der Waals surface area (Å²) in [5, 5.41) is 13.5. The Kier molecular flexibility index (Phi) is 7.92. The van der Waals surface area contributed by atoms with Gasteiger partial charge in [0.1, 0.15) is 22.2 Å². The molecule has 2 heteroatoms. The molecular weight excluding hydrogens is 765 g/mol. The molecular formula is C61H42O2. The summed E-state index contributed by atoms with van der Waals surface area (Å²) in [4.78, 5) is 0. The highest BCUT2D eigenvalue weighted by Crippen LogP contribution is 2.51. The van der Waals surface area contributed by atoms with Crippen molar-refractivity contribution in [2.24, 2.45) is 0 Å². The Morgan fingerprint density at radius 3 is 1.81 bits per heavy atom. The summed E-state index contributed by atoms with van der Waals surface area (Å²) in [6.45, 7) is 23.0. The minimum absolute atomic E-state index is 0.346. The minimum Gasteiger partial charge on any atom is -0.457 e. The Morgan fingerprint density at radius 1 is 0.476 bits per heavy atom. The smallest absolute Gasteiger partial charge is 0.136 e. The fraction of sp³-hybridized carbons (Fsp3) is 0.0492. The van der Waals surface area contributed by atoms with Crippen LogP contribution in [0.3, 0.4) is 0 Å². The van der Waals surface area contributed by atoms with Crippen molar-refractivity contribution in [2.75, 3.05) is 0 Å². The third-order valence-corrected chi connectivity index (χ3v) is 13.6. The number of benzene rings is 9. The minimum atomic E-state index is -0.346. The van der Waals surface area contributed by atoms with Crippen molar-refractivity contribution in [3.8, 4) is 11.1 Å². The third-order valence-electron chi connectivity index (χ3n) is 13.6. The van der Waals surface area contributed by atoms with Gasteiger partial charge in [-0.25, -0.2) is 0 Å². The molecule has 0 N–H and O–H groups in total. The number of hydrogen-bond donors (Lipinski definition) is 0. The second-order valence-electron chi connectivity index (χ2n) is 17.6. The van der Waals surface area contributed by atoms with Crippen LogP contribution < -0.4 is 10.6 Å². The monoisotopic (exact) mass is 806 g/mol. The summed E-state index contributed by atoms with van der Waals surface area (Å²) in [5.74, 6) is 0. The van der Waals surface area contributed by atoms with E-state index in [-0.39, 0.29) is 5.41 Å². The summed E-state index contributed by atoms with van der Waals surface area (Å²) in [6.07, 6.45) is 4.39. The number of hydrogen-bond acceptors (Lipinski definition) is 2. The van der Waals surface area contributed by atoms with Gasteiger partial charge in [-0.05, 0) is 141 Å². The largest absolute Gasteiger partial charge is 0.457 e. The first-order chi connectivity index (χ1) is 30.6. The SMILES string of the molecule is C=C(/C=c1\c(=C)oc2cc3cc4c(cc3cc12)oc1ccccc14)c1ccc2c(c1)C(C)(C)/C(=C/C(=C)c1c3ccccc3c(-c3cccc4ccccc34)c3ccccc13)C2=C. The van der Waals surface area contributed by atoms with Crippen molar-refractivity contribution in [2.45, 2.75) is 19.3 Å². The zero-order valence-corrected chi connectivity index (χ0v) is 35.3. The zero-order valence-electron chi connectivity index (χ0n) is 35.3. The fourth-order valence-corrected chi connectivity index (χ4v) is 10.5. The Labute approximate surface area is 365 Å². The van der Waals surface area contributed by atoms with Crippen LogP contribution in [0.2, 0.25) is 0 Å². The molecule has 0 unspecified atom stereocenters. The normalized spacial score (nSPS) is 14.7. The summed E-state index contributed by atoms with van der Waals surface area (Å²) in [6, 6.07) is 56.3. The van der Waals surface area contributed by atoms with E-state index in [1.165, 1.54) is 49.0 Å². The number of furan rings is 2. The summed E-state index contributed by atoms with van der Waals surface area (Å²) in [7, 11) is 0. The van der Waals surface area contributed by atoms with Gasteiger partial charge in [0, 0.05) is 26.8 Å². The average molecular weight is 807 g/mol. The van der Waals surface area contributed by atoms with Gasteiger partial charge >= 0.3 is 0 Å². The predicted octanol–water partition coefficient (Wildman–Crippen LogP) is 15.5. The van der Waals surface area contributed by atoms with E-state index in [2.05, 4.69) is 179 Å². The summed E-state index contributed by atoms with van der Waals surface area (Å²) < 4.78 is 12.5. The standard InChI is InChI=1S/C61H42O2/c1-35(28-51-38(4)62-57-33-41-30-52-45-19-13-14-25-56(45)63-58(52)34-42(41)31-53(51)57)40-26-27-43-37(3)54(61(5,6)55(43)32-40)29-36(2)59-47-20-9-11-22-49(47)60(50-23-12-10-21-48(50)59)46-24-15-17-39-16-7-8-18-44(39)46/h7-34H,1-4H2,5-6H3/b51-28+,54-29+. The molecule has 2 aromatic heterocycles. The first kappa shape index (κ1) is 36.9. The number of allylic oxidation sites excluding steroid dienone is 5. The van der Waals surface area contributed by atoms with Crippen LogP contribution in [0.15, 0.2) is 198 Å². The van der Waals surface area contributed by atoms with Gasteiger partial charge in [-0.2, -0.15) is 0 Å². The highest BCUT2D eigenvalue weighted by molar-refractivity contribution is 6.22. The van der Waals surface area contributed by atoms with Crippen LogP contribution in [-0.2, 0) is 5.41 Å². The van der Waals surface area contributed by atoms with Crippen LogP contribution in [-0.4, -0.2) is 0 Å². The van der Waals surface area contributed by atoms with Gasteiger partial charge in [-0.15, -0.1) is 0 Å². The number of para-hydroxylation sites is 1. The van der Waals surface area contributed by atoms with Gasteiger partial charge in [0.25, 0.3) is 0 Å². The number of fused-ring (bicyclic) bond motifs is 9. The molecule has 63 heavy (non-hydrogen) atoms. The summed E-state index contributed by atoms with van der Waals surface area (Å²) in [5.41, 5.74) is 13.9. The molecule has 11 aromatic rings. The molecule has 2 nitrogen and oxygen atoms in total. The molecule has 0 spiro atoms. The van der Waals surface area contributed by atoms with Crippen molar-refractivity contribution in [3.05, 3.63) is 222 Å². The van der Waals surface area contributed by atoms with Gasteiger partial charge in [0.15, 0.2) is 0 Å².